The number of epoxide rings is 1. The van der Waals surface area contributed by atoms with Crippen LogP contribution in [-0.4, -0.2) is 36.9 Å². The van der Waals surface area contributed by atoms with Gasteiger partial charge in [0, 0.05) is 23.7 Å². The predicted molar refractivity (Wildman–Crippen MR) is 146 cm³/mol. The number of rotatable bonds is 2. The molecule has 0 bridgehead atoms. The van der Waals surface area contributed by atoms with E-state index in [9.17, 15) is 9.59 Å². The van der Waals surface area contributed by atoms with Crippen molar-refractivity contribution in [3.05, 3.63) is 0 Å². The zero-order valence-corrected chi connectivity index (χ0v) is 25.5. The standard InChI is InChI=1S/C33H52O5/c1-20(34)37-24-11-12-29(6)21(28(24,4)5)10-13-30(7)22(29)18-25-33(38-25)23-19-27(2,3)14-16-32(23,26(35)36-9)17-15-31(30,33)8/h21-25H,10-19H2,1-9H3/t21-,22+,23?,24-,25-,29-,30+,31-,32?,33-/m0/s1. The van der Waals surface area contributed by atoms with Gasteiger partial charge in [0.25, 0.3) is 0 Å². The molecule has 6 rings (SSSR count). The summed E-state index contributed by atoms with van der Waals surface area (Å²) in [5, 5.41) is 0. The van der Waals surface area contributed by atoms with Gasteiger partial charge in [-0.3, -0.25) is 9.59 Å². The molecule has 5 nitrogen and oxygen atoms in total. The van der Waals surface area contributed by atoms with Crippen LogP contribution in [0.2, 0.25) is 0 Å². The Hall–Kier alpha value is -1.10. The lowest BCUT2D eigenvalue weighted by molar-refractivity contribution is -0.247. The molecule has 5 aliphatic carbocycles. The van der Waals surface area contributed by atoms with Gasteiger partial charge in [0.2, 0.25) is 0 Å². The van der Waals surface area contributed by atoms with Crippen molar-refractivity contribution in [3.63, 3.8) is 0 Å². The van der Waals surface area contributed by atoms with Crippen molar-refractivity contribution < 1.29 is 23.8 Å². The van der Waals surface area contributed by atoms with E-state index in [1.807, 2.05) is 0 Å². The highest BCUT2D eigenvalue weighted by Gasteiger charge is 2.85. The van der Waals surface area contributed by atoms with Crippen molar-refractivity contribution in [3.8, 4) is 0 Å². The highest BCUT2D eigenvalue weighted by molar-refractivity contribution is 5.78. The molecule has 0 aromatic heterocycles. The predicted octanol–water partition coefficient (Wildman–Crippen LogP) is 7.10. The molecule has 0 radical (unpaired) electrons. The summed E-state index contributed by atoms with van der Waals surface area (Å²) in [7, 11) is 1.58. The van der Waals surface area contributed by atoms with Crippen molar-refractivity contribution in [2.24, 2.45) is 50.2 Å². The molecule has 38 heavy (non-hydrogen) atoms. The molecule has 6 aliphatic rings. The van der Waals surface area contributed by atoms with E-state index in [0.717, 1.165) is 51.4 Å². The average molecular weight is 529 g/mol. The normalized spacial score (nSPS) is 53.7. The van der Waals surface area contributed by atoms with E-state index in [2.05, 4.69) is 48.5 Å². The minimum absolute atomic E-state index is 0.00213. The summed E-state index contributed by atoms with van der Waals surface area (Å²) in [4.78, 5) is 25.5. The number of hydrogen-bond donors (Lipinski definition) is 0. The van der Waals surface area contributed by atoms with Gasteiger partial charge in [-0.1, -0.05) is 48.5 Å². The van der Waals surface area contributed by atoms with E-state index >= 15 is 0 Å². The Morgan fingerprint density at radius 3 is 2.16 bits per heavy atom. The molecule has 1 heterocycles. The van der Waals surface area contributed by atoms with Gasteiger partial charge in [0.15, 0.2) is 0 Å². The van der Waals surface area contributed by atoms with Crippen LogP contribution in [0.15, 0.2) is 0 Å². The Morgan fingerprint density at radius 1 is 0.816 bits per heavy atom. The van der Waals surface area contributed by atoms with E-state index in [1.54, 1.807) is 14.0 Å². The first-order chi connectivity index (χ1) is 17.5. The Balaban J connectivity index is 1.40. The molecule has 5 saturated carbocycles. The van der Waals surface area contributed by atoms with Gasteiger partial charge in [0.05, 0.1) is 18.6 Å². The van der Waals surface area contributed by atoms with Crippen LogP contribution >= 0.6 is 0 Å². The fraction of sp³-hybridized carbons (Fsp3) is 0.939. The number of ether oxygens (including phenoxy) is 3. The lowest BCUT2D eigenvalue weighted by Crippen LogP contribution is -2.71. The van der Waals surface area contributed by atoms with Crippen molar-refractivity contribution in [2.75, 3.05) is 7.11 Å². The molecule has 5 heteroatoms. The quantitative estimate of drug-likeness (QED) is 0.282. The van der Waals surface area contributed by atoms with Gasteiger partial charge < -0.3 is 14.2 Å². The van der Waals surface area contributed by atoms with Crippen LogP contribution in [0.3, 0.4) is 0 Å². The summed E-state index contributed by atoms with van der Waals surface area (Å²) < 4.78 is 18.5. The number of fused-ring (bicyclic) bond motifs is 5. The van der Waals surface area contributed by atoms with Crippen LogP contribution in [0.1, 0.15) is 120 Å². The molecule has 0 amide bonds. The lowest BCUT2D eigenvalue weighted by Gasteiger charge is -2.72. The Kier molecular flexibility index (Phi) is 5.56. The van der Waals surface area contributed by atoms with Crippen LogP contribution in [0.25, 0.3) is 0 Å². The van der Waals surface area contributed by atoms with Crippen LogP contribution in [0.5, 0.6) is 0 Å². The van der Waals surface area contributed by atoms with Crippen molar-refractivity contribution in [2.45, 2.75) is 137 Å². The fourth-order valence-electron chi connectivity index (χ4n) is 12.3. The maximum absolute atomic E-state index is 13.5. The van der Waals surface area contributed by atoms with Crippen LogP contribution in [0, 0.1) is 50.2 Å². The van der Waals surface area contributed by atoms with Crippen LogP contribution < -0.4 is 0 Å². The number of esters is 2. The number of methoxy groups -OCH3 is 1. The maximum atomic E-state index is 13.5. The van der Waals surface area contributed by atoms with Crippen molar-refractivity contribution in [1.82, 2.24) is 0 Å². The highest BCUT2D eigenvalue weighted by Crippen LogP contribution is 2.83. The Morgan fingerprint density at radius 2 is 1.50 bits per heavy atom. The van der Waals surface area contributed by atoms with E-state index in [4.69, 9.17) is 14.2 Å². The second-order valence-electron chi connectivity index (χ2n) is 16.6. The first kappa shape index (κ1) is 27.1. The molecule has 2 unspecified atom stereocenters. The molecule has 1 spiro atoms. The van der Waals surface area contributed by atoms with Gasteiger partial charge in [-0.15, -0.1) is 0 Å². The first-order valence-electron chi connectivity index (χ1n) is 15.5. The van der Waals surface area contributed by atoms with E-state index in [1.165, 1.54) is 12.8 Å². The monoisotopic (exact) mass is 528 g/mol. The summed E-state index contributed by atoms with van der Waals surface area (Å²) in [5.74, 6) is 1.18. The molecule has 0 aromatic rings. The number of carbonyl (C=O) groups excluding carboxylic acids is 2. The summed E-state index contributed by atoms with van der Waals surface area (Å²) >= 11 is 0. The highest BCUT2D eigenvalue weighted by atomic mass is 16.6. The maximum Gasteiger partial charge on any atom is 0.312 e. The van der Waals surface area contributed by atoms with E-state index in [-0.39, 0.29) is 62.7 Å². The topological polar surface area (TPSA) is 65.1 Å². The summed E-state index contributed by atoms with van der Waals surface area (Å²) in [6.07, 6.45) is 10.8. The third kappa shape index (κ3) is 3.04. The molecule has 1 saturated heterocycles. The second kappa shape index (κ2) is 7.79. The molecule has 0 aromatic carbocycles. The molecule has 0 N–H and O–H groups in total. The van der Waals surface area contributed by atoms with Gasteiger partial charge in [0.1, 0.15) is 11.7 Å². The molecule has 214 valence electrons. The van der Waals surface area contributed by atoms with Gasteiger partial charge in [-0.2, -0.15) is 0 Å². The first-order valence-corrected chi connectivity index (χ1v) is 15.5. The summed E-state index contributed by atoms with van der Waals surface area (Å²) in [6.45, 7) is 18.7. The smallest absolute Gasteiger partial charge is 0.312 e. The summed E-state index contributed by atoms with van der Waals surface area (Å²) in [6, 6.07) is 0. The average Bonchev–Trinajstić information content (AvgIpc) is 3.56. The van der Waals surface area contributed by atoms with Crippen LogP contribution in [0.4, 0.5) is 0 Å². The SMILES string of the molecule is COC(=O)C12CCC(C)(C)CC1[C@]13O[C@H]1C[C@@H]1[C@@]4(C)CC[C@H](OC(C)=O)C(C)(C)[C@@H]4CC[C@@]1(C)[C@]3(C)CC2. The van der Waals surface area contributed by atoms with Gasteiger partial charge in [-0.25, -0.2) is 0 Å². The Labute approximate surface area is 230 Å². The largest absolute Gasteiger partial charge is 0.469 e. The third-order valence-corrected chi connectivity index (χ3v) is 14.5. The lowest BCUT2D eigenvalue weighted by atomic mass is 9.31. The molecular weight excluding hydrogens is 476 g/mol. The molecular formula is C33H52O5. The third-order valence-electron chi connectivity index (χ3n) is 14.5. The van der Waals surface area contributed by atoms with E-state index in [0.29, 0.717) is 11.8 Å². The van der Waals surface area contributed by atoms with Gasteiger partial charge in [-0.05, 0) is 92.3 Å². The Bertz CT molecular complexity index is 1050. The summed E-state index contributed by atoms with van der Waals surface area (Å²) in [5.41, 5.74) is -0.0561. The zero-order chi connectivity index (χ0) is 27.7. The molecule has 1 aliphatic heterocycles. The molecule has 10 atom stereocenters. The van der Waals surface area contributed by atoms with Crippen molar-refractivity contribution in [1.29, 1.82) is 0 Å². The number of carbonyl (C=O) groups is 2. The minimum atomic E-state index is -0.396. The van der Waals surface area contributed by atoms with Crippen LogP contribution in [-0.2, 0) is 23.8 Å². The molecule has 6 fully saturated rings. The zero-order valence-electron chi connectivity index (χ0n) is 25.5. The van der Waals surface area contributed by atoms with Gasteiger partial charge >= 0.3 is 11.9 Å². The fourth-order valence-corrected chi connectivity index (χ4v) is 12.3. The van der Waals surface area contributed by atoms with Crippen molar-refractivity contribution >= 4 is 11.9 Å². The minimum Gasteiger partial charge on any atom is -0.469 e. The second-order valence-corrected chi connectivity index (χ2v) is 16.6. The van der Waals surface area contributed by atoms with E-state index < -0.39 is 5.41 Å². The number of hydrogen-bond acceptors (Lipinski definition) is 5.